The number of nitrogens with one attached hydrogen (secondary N) is 8. The summed E-state index contributed by atoms with van der Waals surface area (Å²) in [5.74, 6) is -9.54. The average molecular weight is 1100 g/mol. The van der Waals surface area contributed by atoms with E-state index in [0.29, 0.717) is 25.8 Å². The maximum atomic E-state index is 14.2. The number of nitrogens with zero attached hydrogens (tertiary/aromatic N) is 2. The summed E-state index contributed by atoms with van der Waals surface area (Å²) in [7, 11) is 0. The summed E-state index contributed by atoms with van der Waals surface area (Å²) in [4.78, 5) is 125. The molecular formula is C47H75F3N16O11. The number of nitrogens with two attached hydrogens (primary N) is 6. The molecule has 27 nitrogen and oxygen atoms in total. The second-order valence-corrected chi connectivity index (χ2v) is 18.0. The fourth-order valence-corrected chi connectivity index (χ4v) is 7.63. The van der Waals surface area contributed by atoms with Gasteiger partial charge in [-0.25, -0.2) is 9.79 Å². The quantitative estimate of drug-likeness (QED) is 0.0138. The highest BCUT2D eigenvalue weighted by Crippen LogP contribution is 2.30. The molecule has 1 fully saturated rings. The fraction of sp³-hybridized carbons (Fsp3) is 0.596. The molecule has 0 spiro atoms. The molecule has 30 heteroatoms. The van der Waals surface area contributed by atoms with E-state index < -0.39 is 133 Å². The Labute approximate surface area is 442 Å². The number of rotatable bonds is 33. The number of likely N-dealkylation sites (tertiary alicyclic amines) is 1. The second kappa shape index (κ2) is 33.8. The third-order valence-corrected chi connectivity index (χ3v) is 11.8. The van der Waals surface area contributed by atoms with Gasteiger partial charge in [-0.05, 0) is 102 Å². The number of halogens is 3. The first-order chi connectivity index (χ1) is 36.4. The zero-order valence-corrected chi connectivity index (χ0v) is 42.9. The summed E-state index contributed by atoms with van der Waals surface area (Å²) in [6.07, 6.45) is -3.75. The van der Waals surface area contributed by atoms with Gasteiger partial charge in [-0.2, -0.15) is 13.2 Å². The number of amides is 8. The Bertz CT molecular complexity index is 2270. The van der Waals surface area contributed by atoms with Crippen LogP contribution < -0.4 is 71.6 Å². The van der Waals surface area contributed by atoms with Crippen LogP contribution in [0.5, 0.6) is 0 Å². The molecule has 0 aromatic heterocycles. The summed E-state index contributed by atoms with van der Waals surface area (Å²) >= 11 is 0. The Morgan fingerprint density at radius 2 is 1.51 bits per heavy atom. The number of aliphatic imine (C=N–C) groups is 1. The summed E-state index contributed by atoms with van der Waals surface area (Å²) < 4.78 is 41.4. The third-order valence-electron chi connectivity index (χ3n) is 11.8. The molecule has 7 atom stereocenters. The maximum Gasteiger partial charge on any atom is 0.416 e. The zero-order valence-electron chi connectivity index (χ0n) is 42.9. The summed E-state index contributed by atoms with van der Waals surface area (Å²) in [6, 6.07) is -4.58. The van der Waals surface area contributed by atoms with Crippen molar-refractivity contribution in [1.82, 2.24) is 42.1 Å². The normalized spacial score (nSPS) is 16.1. The van der Waals surface area contributed by atoms with Gasteiger partial charge in [0.15, 0.2) is 5.96 Å². The molecule has 8 amide bonds. The molecule has 0 radical (unpaired) electrons. The molecule has 1 aromatic rings. The third kappa shape index (κ3) is 23.3. The van der Waals surface area contributed by atoms with Crippen molar-refractivity contribution in [2.75, 3.05) is 45.8 Å². The molecule has 22 N–H and O–H groups in total. The molecule has 77 heavy (non-hydrogen) atoms. The fourth-order valence-electron chi connectivity index (χ4n) is 7.63. The smallest absolute Gasteiger partial charge is 0.416 e. The van der Waals surface area contributed by atoms with Crippen molar-refractivity contribution in [3.8, 4) is 0 Å². The molecule has 1 aliphatic rings. The number of carboxylic acid groups (broad SMARTS) is 1. The number of unbranched alkanes of at least 4 members (excludes halogenated alkanes) is 2. The van der Waals surface area contributed by atoms with Crippen LogP contribution in [0.3, 0.4) is 0 Å². The van der Waals surface area contributed by atoms with Gasteiger partial charge < -0.3 is 86.7 Å². The van der Waals surface area contributed by atoms with E-state index in [0.717, 1.165) is 29.2 Å². The number of hydrogen-bond donors (Lipinski definition) is 16. The van der Waals surface area contributed by atoms with Crippen LogP contribution in [0, 0.1) is 5.41 Å². The van der Waals surface area contributed by atoms with Crippen molar-refractivity contribution in [3.63, 3.8) is 0 Å². The van der Waals surface area contributed by atoms with Gasteiger partial charge in [0.2, 0.25) is 35.4 Å². The largest absolute Gasteiger partial charge is 0.477 e. The molecule has 1 aliphatic heterocycles. The van der Waals surface area contributed by atoms with Crippen LogP contribution in [0.4, 0.5) is 13.2 Å². The highest BCUT2D eigenvalue weighted by atomic mass is 19.4. The highest BCUT2D eigenvalue weighted by molar-refractivity contribution is 6.40. The Kier molecular flexibility index (Phi) is 29.0. The van der Waals surface area contributed by atoms with Crippen molar-refractivity contribution in [1.29, 1.82) is 5.41 Å². The van der Waals surface area contributed by atoms with E-state index in [1.54, 1.807) is 0 Å². The molecule has 0 aliphatic carbocycles. The van der Waals surface area contributed by atoms with Gasteiger partial charge in [0, 0.05) is 26.1 Å². The molecule has 1 saturated heterocycles. The number of hydrogen-bond acceptors (Lipinski definition) is 16. The number of benzene rings is 1. The summed E-state index contributed by atoms with van der Waals surface area (Å²) in [5.41, 5.74) is 31.5. The average Bonchev–Trinajstić information content (AvgIpc) is 3.88. The number of guanidine groups is 1. The van der Waals surface area contributed by atoms with Crippen LogP contribution in [0.25, 0.3) is 0 Å². The molecular weight excluding hydrogens is 1020 g/mol. The zero-order chi connectivity index (χ0) is 57.8. The number of carboxylic acids is 1. The SMILES string of the molecule is C[C@H](NC(=O)[C@@H](NC(=O)[C@@H](N)CCCCN)[C@@H](O)CN)C(=O)NCC(=O)/N=C(\CCCN)C(=O)N1CCC[C@H]1C(=O)N[C@@H](Cc1cccc(C(F)(F)F)c1)C(=O)N[C@@H](CCCCN)C(=O)N/C(=C\CCNC(=N)N)C(=O)O. The number of aliphatic hydroxyl groups excluding tert-OH is 1. The molecule has 0 unspecified atom stereocenters. The summed E-state index contributed by atoms with van der Waals surface area (Å²) in [5, 5.41) is 44.1. The van der Waals surface area contributed by atoms with E-state index in [2.05, 4.69) is 42.2 Å². The molecule has 1 heterocycles. The number of aliphatic hydroxyl groups is 1. The topological polar surface area (TPSA) is 474 Å². The molecule has 2 rings (SSSR count). The van der Waals surface area contributed by atoms with Gasteiger partial charge in [0.1, 0.15) is 41.6 Å². The van der Waals surface area contributed by atoms with Crippen LogP contribution in [0.15, 0.2) is 41.0 Å². The minimum Gasteiger partial charge on any atom is -0.477 e. The van der Waals surface area contributed by atoms with Gasteiger partial charge in [-0.1, -0.05) is 30.7 Å². The van der Waals surface area contributed by atoms with Crippen LogP contribution in [0.1, 0.15) is 88.7 Å². The molecule has 0 bridgehead atoms. The highest BCUT2D eigenvalue weighted by Gasteiger charge is 2.39. The van der Waals surface area contributed by atoms with Gasteiger partial charge in [0.05, 0.1) is 24.3 Å². The minimum atomic E-state index is -4.79. The van der Waals surface area contributed by atoms with Crippen molar-refractivity contribution in [2.24, 2.45) is 39.4 Å². The number of aliphatic carboxylic acids is 1. The van der Waals surface area contributed by atoms with E-state index in [-0.39, 0.29) is 94.8 Å². The summed E-state index contributed by atoms with van der Waals surface area (Å²) in [6.45, 7) is 0.557. The monoisotopic (exact) mass is 1100 g/mol. The Morgan fingerprint density at radius 3 is 2.12 bits per heavy atom. The van der Waals surface area contributed by atoms with E-state index in [1.807, 2.05) is 0 Å². The predicted octanol–water partition coefficient (Wildman–Crippen LogP) is -4.12. The number of alkyl halides is 3. The first-order valence-electron chi connectivity index (χ1n) is 25.0. The number of carbonyl (C=O) groups excluding carboxylic acids is 8. The lowest BCUT2D eigenvalue weighted by Crippen LogP contribution is -2.60. The lowest BCUT2D eigenvalue weighted by Gasteiger charge is -2.28. The van der Waals surface area contributed by atoms with Gasteiger partial charge in [0.25, 0.3) is 11.8 Å². The van der Waals surface area contributed by atoms with Crippen molar-refractivity contribution >= 4 is 64.9 Å². The molecule has 0 saturated carbocycles. The first-order valence-corrected chi connectivity index (χ1v) is 25.0. The predicted molar refractivity (Wildman–Crippen MR) is 274 cm³/mol. The molecule has 1 aromatic carbocycles. The Hall–Kier alpha value is -7.12. The first kappa shape index (κ1) is 66.0. The second-order valence-electron chi connectivity index (χ2n) is 18.0. The van der Waals surface area contributed by atoms with Gasteiger partial charge >= 0.3 is 12.1 Å². The van der Waals surface area contributed by atoms with Crippen LogP contribution in [0.2, 0.25) is 0 Å². The lowest BCUT2D eigenvalue weighted by atomic mass is 10.0. The Balaban J connectivity index is 2.37. The van der Waals surface area contributed by atoms with Gasteiger partial charge in [-0.15, -0.1) is 0 Å². The van der Waals surface area contributed by atoms with Crippen molar-refractivity contribution in [2.45, 2.75) is 133 Å². The van der Waals surface area contributed by atoms with E-state index in [4.69, 9.17) is 39.8 Å². The molecule has 430 valence electrons. The number of carbonyl (C=O) groups is 9. The van der Waals surface area contributed by atoms with Crippen LogP contribution in [-0.4, -0.2) is 168 Å². The maximum absolute atomic E-state index is 14.2. The van der Waals surface area contributed by atoms with E-state index in [9.17, 15) is 66.5 Å². The minimum absolute atomic E-state index is 0.00281. The van der Waals surface area contributed by atoms with Crippen molar-refractivity contribution < 1.29 is 66.5 Å². The van der Waals surface area contributed by atoms with Gasteiger partial charge in [-0.3, -0.25) is 43.8 Å². The van der Waals surface area contributed by atoms with Crippen LogP contribution in [-0.2, 0) is 55.7 Å². The standard InChI is InChI=1S/C47H75F3N16O11/c1-26(60-43(74)37(35(67)24-54)65-39(70)29(55)12-2-4-17-51)38(69)59-25-36(68)61-31(14-7-19-53)44(75)66-21-9-16-34(66)42(73)64-33(23-27-10-6-11-28(22-27)47(48,49)50)41(72)62-30(13-3-5-18-52)40(71)63-32(45(76)77)15-8-20-58-46(56)57/h6,10-11,15,22,26,29-30,33-35,37,67H,2-5,7-9,12-14,16-21,23-25,51-55H2,1H3,(H,59,69)(H,60,74)(H,62,72)(H,63,71)(H,64,73)(H,65,70)(H,76,77)(H4,56,57,58)/b32-15-,61-31+/t26-,29-,30-,33-,34-,35-,37-/m0/s1. The lowest BCUT2D eigenvalue weighted by molar-refractivity contribution is -0.137. The Morgan fingerprint density at radius 1 is 0.844 bits per heavy atom. The van der Waals surface area contributed by atoms with Crippen LogP contribution >= 0.6 is 0 Å². The van der Waals surface area contributed by atoms with Crippen molar-refractivity contribution in [3.05, 3.63) is 47.2 Å². The van der Waals surface area contributed by atoms with E-state index in [1.165, 1.54) is 13.0 Å². The van der Waals surface area contributed by atoms with E-state index >= 15 is 0 Å².